The van der Waals surface area contributed by atoms with Gasteiger partial charge in [0.15, 0.2) is 0 Å². The minimum absolute atomic E-state index is 0.0267. The van der Waals surface area contributed by atoms with Crippen molar-refractivity contribution in [3.63, 3.8) is 0 Å². The van der Waals surface area contributed by atoms with E-state index in [2.05, 4.69) is 4.72 Å². The van der Waals surface area contributed by atoms with Crippen molar-refractivity contribution in [2.75, 3.05) is 19.4 Å². The molecule has 0 saturated heterocycles. The summed E-state index contributed by atoms with van der Waals surface area (Å²) in [5.41, 5.74) is -0.218. The van der Waals surface area contributed by atoms with Gasteiger partial charge in [0, 0.05) is 12.6 Å². The smallest absolute Gasteiger partial charge is 0.424 e. The van der Waals surface area contributed by atoms with Crippen molar-refractivity contribution in [2.24, 2.45) is 0 Å². The minimum Gasteiger partial charge on any atom is -0.490 e. The number of carbonyl (C=O) groups excluding carboxylic acids is 1. The number of hydrogen-bond acceptors (Lipinski definition) is 8. The van der Waals surface area contributed by atoms with Crippen LogP contribution in [0.15, 0.2) is 47.4 Å². The minimum atomic E-state index is -4.26. The molecule has 2 aromatic rings. The summed E-state index contributed by atoms with van der Waals surface area (Å²) in [5, 5.41) is 0. The van der Waals surface area contributed by atoms with E-state index >= 15 is 0 Å². The number of rotatable bonds is 5. The van der Waals surface area contributed by atoms with Crippen molar-refractivity contribution < 1.29 is 35.8 Å². The van der Waals surface area contributed by atoms with E-state index < -0.39 is 31.7 Å². The largest absolute Gasteiger partial charge is 0.490 e. The zero-order chi connectivity index (χ0) is 24.4. The van der Waals surface area contributed by atoms with Gasteiger partial charge in [0.05, 0.1) is 12.8 Å². The summed E-state index contributed by atoms with van der Waals surface area (Å²) in [4.78, 5) is 12.3. The molecule has 0 spiro atoms. The van der Waals surface area contributed by atoms with Crippen LogP contribution in [-0.4, -0.2) is 52.2 Å². The van der Waals surface area contributed by atoms with Gasteiger partial charge in [-0.3, -0.25) is 0 Å². The van der Waals surface area contributed by atoms with Crippen LogP contribution in [0.4, 0.5) is 4.79 Å². The highest BCUT2D eigenvalue weighted by Gasteiger charge is 2.37. The Bertz CT molecular complexity index is 1250. The lowest BCUT2D eigenvalue weighted by molar-refractivity contribution is 0.0381. The number of nitrogens with zero attached hydrogens (tertiary/aromatic N) is 1. The molecule has 2 aromatic carbocycles. The van der Waals surface area contributed by atoms with Crippen LogP contribution in [0.3, 0.4) is 0 Å². The first-order valence-electron chi connectivity index (χ1n) is 9.99. The summed E-state index contributed by atoms with van der Waals surface area (Å²) >= 11 is 0. The molecule has 10 nitrogen and oxygen atoms in total. The van der Waals surface area contributed by atoms with Crippen LogP contribution in [0.5, 0.6) is 17.2 Å². The Morgan fingerprint density at radius 1 is 1.15 bits per heavy atom. The van der Waals surface area contributed by atoms with Crippen molar-refractivity contribution in [2.45, 2.75) is 37.8 Å². The molecule has 0 saturated carbocycles. The molecule has 1 heterocycles. The molecule has 180 valence electrons. The highest BCUT2D eigenvalue weighted by Crippen LogP contribution is 2.35. The third kappa shape index (κ3) is 6.59. The molecule has 0 atom stereocenters. The van der Waals surface area contributed by atoms with Gasteiger partial charge in [-0.2, -0.15) is 4.31 Å². The van der Waals surface area contributed by atoms with Crippen LogP contribution in [0.25, 0.3) is 0 Å². The predicted octanol–water partition coefficient (Wildman–Crippen LogP) is 2.85. The monoisotopic (exact) mass is 498 g/mol. The van der Waals surface area contributed by atoms with E-state index in [1.807, 2.05) is 0 Å². The lowest BCUT2D eigenvalue weighted by Gasteiger charge is -2.25. The Kier molecular flexibility index (Phi) is 6.91. The van der Waals surface area contributed by atoms with Gasteiger partial charge in [-0.15, -0.1) is 0 Å². The van der Waals surface area contributed by atoms with E-state index in [9.17, 15) is 21.6 Å². The van der Waals surface area contributed by atoms with E-state index in [0.717, 1.165) is 6.26 Å². The molecule has 0 fully saturated rings. The van der Waals surface area contributed by atoms with Crippen LogP contribution in [0.2, 0.25) is 0 Å². The van der Waals surface area contributed by atoms with Gasteiger partial charge in [0.2, 0.25) is 10.0 Å². The highest BCUT2D eigenvalue weighted by molar-refractivity contribution is 7.89. The summed E-state index contributed by atoms with van der Waals surface area (Å²) in [6, 6.07) is 10.9. The summed E-state index contributed by atoms with van der Waals surface area (Å²) in [6.07, 6.45) is 0.0721. The topological polar surface area (TPSA) is 128 Å². The molecular weight excluding hydrogens is 472 g/mol. The molecule has 0 aromatic heterocycles. The average Bonchev–Trinajstić information content (AvgIpc) is 2.81. The standard InChI is InChI=1S/C21H26N2O8S2/c1-21(2,3)31-20(24)23-10-11-29-18-9-8-17(13-19(18)33(23,27)28)30-16-7-5-6-15(12-16)14-22-32(4,25)26/h5-9,12-13,22H,10-11,14H2,1-4H3. The molecule has 0 unspecified atom stereocenters. The molecule has 33 heavy (non-hydrogen) atoms. The van der Waals surface area contributed by atoms with E-state index in [1.54, 1.807) is 51.1 Å². The fourth-order valence-corrected chi connectivity index (χ4v) is 4.78. The summed E-state index contributed by atoms with van der Waals surface area (Å²) in [5.74, 6) is 0.665. The average molecular weight is 499 g/mol. The predicted molar refractivity (Wildman–Crippen MR) is 120 cm³/mol. The number of benzene rings is 2. The molecule has 1 amide bonds. The SMILES string of the molecule is CC(C)(C)OC(=O)N1CCOc2ccc(Oc3cccc(CNS(C)(=O)=O)c3)cc2S1(=O)=O. The maximum atomic E-state index is 13.2. The van der Waals surface area contributed by atoms with E-state index in [0.29, 0.717) is 15.6 Å². The summed E-state index contributed by atoms with van der Waals surface area (Å²) < 4.78 is 68.7. The molecule has 3 rings (SSSR count). The van der Waals surface area contributed by atoms with E-state index in [-0.39, 0.29) is 36.1 Å². The Balaban J connectivity index is 1.87. The fourth-order valence-electron chi connectivity index (χ4n) is 2.92. The molecule has 0 bridgehead atoms. The lowest BCUT2D eigenvalue weighted by Crippen LogP contribution is -2.41. The van der Waals surface area contributed by atoms with Gasteiger partial charge in [-0.1, -0.05) is 12.1 Å². The van der Waals surface area contributed by atoms with Gasteiger partial charge in [0.1, 0.15) is 34.4 Å². The number of amides is 1. The fraction of sp³-hybridized carbons (Fsp3) is 0.381. The van der Waals surface area contributed by atoms with E-state index in [4.69, 9.17) is 14.2 Å². The van der Waals surface area contributed by atoms with Gasteiger partial charge in [0.25, 0.3) is 10.0 Å². The van der Waals surface area contributed by atoms with Crippen molar-refractivity contribution in [3.8, 4) is 17.2 Å². The third-order valence-corrected chi connectivity index (χ3v) is 6.76. The number of ether oxygens (including phenoxy) is 3. The normalized spacial score (nSPS) is 15.7. The molecule has 0 aliphatic carbocycles. The molecule has 12 heteroatoms. The van der Waals surface area contributed by atoms with Gasteiger partial charge in [-0.25, -0.2) is 26.4 Å². The molecule has 1 N–H and O–H groups in total. The molecular formula is C21H26N2O8S2. The quantitative estimate of drug-likeness (QED) is 0.666. The zero-order valence-electron chi connectivity index (χ0n) is 18.7. The van der Waals surface area contributed by atoms with Crippen molar-refractivity contribution in [3.05, 3.63) is 48.0 Å². The zero-order valence-corrected chi connectivity index (χ0v) is 20.3. The van der Waals surface area contributed by atoms with Gasteiger partial charge in [-0.05, 0) is 50.6 Å². The maximum Gasteiger partial charge on any atom is 0.424 e. The van der Waals surface area contributed by atoms with Crippen LogP contribution in [-0.2, 0) is 31.3 Å². The Morgan fingerprint density at radius 2 is 1.85 bits per heavy atom. The number of carbonyl (C=O) groups is 1. The number of sulfonamides is 2. The van der Waals surface area contributed by atoms with Crippen molar-refractivity contribution >= 4 is 26.1 Å². The molecule has 1 aliphatic rings. The second kappa shape index (κ2) is 9.20. The third-order valence-electron chi connectivity index (χ3n) is 4.30. The second-order valence-corrected chi connectivity index (χ2v) is 12.0. The van der Waals surface area contributed by atoms with Crippen LogP contribution < -0.4 is 14.2 Å². The number of nitrogens with one attached hydrogen (secondary N) is 1. The van der Waals surface area contributed by atoms with Crippen LogP contribution >= 0.6 is 0 Å². The van der Waals surface area contributed by atoms with Crippen LogP contribution in [0, 0.1) is 0 Å². The lowest BCUT2D eigenvalue weighted by atomic mass is 10.2. The maximum absolute atomic E-state index is 13.2. The molecule has 0 radical (unpaired) electrons. The van der Waals surface area contributed by atoms with Crippen molar-refractivity contribution in [1.29, 1.82) is 0 Å². The van der Waals surface area contributed by atoms with E-state index in [1.165, 1.54) is 12.1 Å². The highest BCUT2D eigenvalue weighted by atomic mass is 32.2. The Morgan fingerprint density at radius 3 is 2.52 bits per heavy atom. The van der Waals surface area contributed by atoms with Crippen molar-refractivity contribution in [1.82, 2.24) is 9.03 Å². The van der Waals surface area contributed by atoms with Gasteiger partial charge >= 0.3 is 6.09 Å². The number of hydrogen-bond donors (Lipinski definition) is 1. The number of fused-ring (bicyclic) bond motifs is 1. The first-order valence-corrected chi connectivity index (χ1v) is 13.3. The summed E-state index contributed by atoms with van der Waals surface area (Å²) in [7, 11) is -7.62. The Labute approximate surface area is 193 Å². The Hall–Kier alpha value is -2.83. The molecule has 1 aliphatic heterocycles. The first kappa shape index (κ1) is 24.8. The van der Waals surface area contributed by atoms with Gasteiger partial charge < -0.3 is 14.2 Å². The van der Waals surface area contributed by atoms with Crippen LogP contribution in [0.1, 0.15) is 26.3 Å². The summed E-state index contributed by atoms with van der Waals surface area (Å²) in [6.45, 7) is 4.79. The first-order chi connectivity index (χ1) is 15.2. The second-order valence-electron chi connectivity index (χ2n) is 8.36.